The van der Waals surface area contributed by atoms with Crippen LogP contribution in [-0.4, -0.2) is 15.9 Å². The molecule has 0 atom stereocenters. The Morgan fingerprint density at radius 1 is 1.39 bits per heavy atom. The van der Waals surface area contributed by atoms with E-state index in [9.17, 15) is 4.79 Å². The molecule has 2 aromatic rings. The molecule has 2 rings (SSSR count). The highest BCUT2D eigenvalue weighted by atomic mass is 35.5. The number of carbonyl (C=O) groups excluding carboxylic acids is 1. The topological polar surface area (TPSA) is 90.1 Å². The predicted molar refractivity (Wildman–Crippen MR) is 66.0 cm³/mol. The second-order valence-electron chi connectivity index (χ2n) is 3.31. The molecule has 0 fully saturated rings. The molecule has 0 bridgehead atoms. The third kappa shape index (κ3) is 2.86. The molecule has 0 aliphatic carbocycles. The van der Waals surface area contributed by atoms with Crippen LogP contribution in [0.25, 0.3) is 0 Å². The van der Waals surface area contributed by atoms with Gasteiger partial charge in [-0.2, -0.15) is 5.48 Å². The molecule has 18 heavy (non-hydrogen) atoms. The normalized spacial score (nSPS) is 9.83. The molecule has 6 nitrogen and oxygen atoms in total. The Kier molecular flexibility index (Phi) is 3.59. The first kappa shape index (κ1) is 12.1. The minimum Gasteiger partial charge on any atom is -0.398 e. The summed E-state index contributed by atoms with van der Waals surface area (Å²) < 4.78 is 0. The fraction of sp³-hybridized carbons (Fsp3) is 0. The maximum atomic E-state index is 11.6. The number of nitrogens with one attached hydrogen (secondary N) is 1. The van der Waals surface area contributed by atoms with Crippen LogP contribution in [0.4, 0.5) is 5.69 Å². The summed E-state index contributed by atoms with van der Waals surface area (Å²) in [4.78, 5) is 24.1. The van der Waals surface area contributed by atoms with Crippen molar-refractivity contribution in [2.75, 3.05) is 5.73 Å². The lowest BCUT2D eigenvalue weighted by Crippen LogP contribution is -2.27. The first-order valence-electron chi connectivity index (χ1n) is 4.95. The van der Waals surface area contributed by atoms with E-state index in [2.05, 4.69) is 15.4 Å². The Hall–Kier alpha value is -2.34. The lowest BCUT2D eigenvalue weighted by Gasteiger charge is -2.07. The summed E-state index contributed by atoms with van der Waals surface area (Å²) in [5, 5.41) is 0.351. The van der Waals surface area contributed by atoms with E-state index in [1.165, 1.54) is 24.7 Å². The van der Waals surface area contributed by atoms with Gasteiger partial charge in [-0.3, -0.25) is 4.79 Å². The average molecular weight is 265 g/mol. The maximum Gasteiger partial charge on any atom is 0.302 e. The first-order chi connectivity index (χ1) is 8.66. The first-order valence-corrected chi connectivity index (χ1v) is 5.33. The molecule has 1 heterocycles. The summed E-state index contributed by atoms with van der Waals surface area (Å²) in [7, 11) is 0. The van der Waals surface area contributed by atoms with E-state index in [-0.39, 0.29) is 5.69 Å². The zero-order chi connectivity index (χ0) is 13.0. The van der Waals surface area contributed by atoms with Crippen LogP contribution < -0.4 is 16.1 Å². The van der Waals surface area contributed by atoms with Crippen LogP contribution in [0.1, 0.15) is 10.5 Å². The van der Waals surface area contributed by atoms with Crippen molar-refractivity contribution in [1.29, 1.82) is 0 Å². The third-order valence-electron chi connectivity index (χ3n) is 2.05. The highest BCUT2D eigenvalue weighted by Crippen LogP contribution is 2.23. The molecule has 1 aromatic carbocycles. The summed E-state index contributed by atoms with van der Waals surface area (Å²) in [6.07, 6.45) is 2.73. The summed E-state index contributed by atoms with van der Waals surface area (Å²) >= 11 is 5.81. The number of benzene rings is 1. The smallest absolute Gasteiger partial charge is 0.302 e. The molecular weight excluding hydrogens is 256 g/mol. The van der Waals surface area contributed by atoms with Gasteiger partial charge in [0.2, 0.25) is 0 Å². The lowest BCUT2D eigenvalue weighted by molar-refractivity contribution is 0.0754. The zero-order valence-corrected chi connectivity index (χ0v) is 9.89. The molecule has 7 heteroatoms. The number of rotatable bonds is 3. The van der Waals surface area contributed by atoms with Gasteiger partial charge in [-0.1, -0.05) is 11.6 Å². The standard InChI is InChI=1S/C11H9ClN4O2/c12-8-5-7(1-2-9(8)13)18-16-11(17)10-3-4-14-6-15-10/h1-6H,13H2,(H,16,17). The highest BCUT2D eigenvalue weighted by molar-refractivity contribution is 6.33. The van der Waals surface area contributed by atoms with Crippen LogP contribution in [0.3, 0.4) is 0 Å². The van der Waals surface area contributed by atoms with E-state index >= 15 is 0 Å². The molecule has 0 aliphatic heterocycles. The van der Waals surface area contributed by atoms with E-state index in [0.717, 1.165) is 0 Å². The van der Waals surface area contributed by atoms with E-state index in [0.29, 0.717) is 16.5 Å². The van der Waals surface area contributed by atoms with Crippen LogP contribution in [0.2, 0.25) is 5.02 Å². The largest absolute Gasteiger partial charge is 0.398 e. The third-order valence-corrected chi connectivity index (χ3v) is 2.38. The molecular formula is C11H9ClN4O2. The lowest BCUT2D eigenvalue weighted by atomic mass is 10.3. The van der Waals surface area contributed by atoms with Crippen LogP contribution in [-0.2, 0) is 0 Å². The van der Waals surface area contributed by atoms with Crippen molar-refractivity contribution in [3.63, 3.8) is 0 Å². The van der Waals surface area contributed by atoms with Gasteiger partial charge < -0.3 is 10.6 Å². The maximum absolute atomic E-state index is 11.6. The number of carbonyl (C=O) groups is 1. The van der Waals surface area contributed by atoms with Crippen LogP contribution in [0.15, 0.2) is 36.8 Å². The average Bonchev–Trinajstić information content (AvgIpc) is 2.41. The molecule has 0 radical (unpaired) electrons. The Morgan fingerprint density at radius 3 is 2.89 bits per heavy atom. The molecule has 92 valence electrons. The number of hydrogen-bond donors (Lipinski definition) is 2. The van der Waals surface area contributed by atoms with Crippen molar-refractivity contribution in [2.24, 2.45) is 0 Å². The van der Waals surface area contributed by atoms with Crippen molar-refractivity contribution >= 4 is 23.2 Å². The number of anilines is 1. The van der Waals surface area contributed by atoms with E-state index in [1.807, 2.05) is 0 Å². The molecule has 0 aliphatic rings. The van der Waals surface area contributed by atoms with Gasteiger partial charge in [0, 0.05) is 12.3 Å². The van der Waals surface area contributed by atoms with E-state index in [1.54, 1.807) is 12.1 Å². The monoisotopic (exact) mass is 264 g/mol. The van der Waals surface area contributed by atoms with Crippen molar-refractivity contribution in [1.82, 2.24) is 15.4 Å². The van der Waals surface area contributed by atoms with Gasteiger partial charge in [0.25, 0.3) is 0 Å². The van der Waals surface area contributed by atoms with Gasteiger partial charge >= 0.3 is 5.91 Å². The highest BCUT2D eigenvalue weighted by Gasteiger charge is 2.07. The van der Waals surface area contributed by atoms with Crippen molar-refractivity contribution < 1.29 is 9.63 Å². The second-order valence-corrected chi connectivity index (χ2v) is 3.72. The molecule has 1 aromatic heterocycles. The number of halogens is 1. The molecule has 0 unspecified atom stereocenters. The number of amides is 1. The fourth-order valence-corrected chi connectivity index (χ4v) is 1.32. The van der Waals surface area contributed by atoms with Gasteiger partial charge in [0.05, 0.1) is 10.7 Å². The molecule has 0 saturated heterocycles. The number of aromatic nitrogens is 2. The van der Waals surface area contributed by atoms with Crippen LogP contribution in [0, 0.1) is 0 Å². The molecule has 0 saturated carbocycles. The summed E-state index contributed by atoms with van der Waals surface area (Å²) in [6.45, 7) is 0. The Bertz CT molecular complexity index is 562. The zero-order valence-electron chi connectivity index (χ0n) is 9.13. The second kappa shape index (κ2) is 5.33. The van der Waals surface area contributed by atoms with Crippen molar-refractivity contribution in [2.45, 2.75) is 0 Å². The van der Waals surface area contributed by atoms with Gasteiger partial charge in [0.1, 0.15) is 12.0 Å². The van der Waals surface area contributed by atoms with Crippen LogP contribution in [0.5, 0.6) is 5.75 Å². The molecule has 3 N–H and O–H groups in total. The van der Waals surface area contributed by atoms with Crippen molar-refractivity contribution in [3.8, 4) is 5.75 Å². The summed E-state index contributed by atoms with van der Waals surface area (Å²) in [5.74, 6) is -0.109. The van der Waals surface area contributed by atoms with Gasteiger partial charge in [-0.25, -0.2) is 9.97 Å². The molecule has 1 amide bonds. The summed E-state index contributed by atoms with van der Waals surface area (Å²) in [6, 6.07) is 6.13. The van der Waals surface area contributed by atoms with Crippen LogP contribution >= 0.6 is 11.6 Å². The Labute approximate surface area is 108 Å². The summed E-state index contributed by atoms with van der Waals surface area (Å²) in [5.41, 5.74) is 8.41. The van der Waals surface area contributed by atoms with Gasteiger partial charge in [0.15, 0.2) is 5.75 Å². The van der Waals surface area contributed by atoms with Crippen molar-refractivity contribution in [3.05, 3.63) is 47.5 Å². The minimum atomic E-state index is -0.481. The minimum absolute atomic E-state index is 0.201. The Morgan fingerprint density at radius 2 is 2.22 bits per heavy atom. The quantitative estimate of drug-likeness (QED) is 0.647. The van der Waals surface area contributed by atoms with Gasteiger partial charge in [-0.15, -0.1) is 0 Å². The number of nitrogen functional groups attached to an aromatic ring is 1. The SMILES string of the molecule is Nc1ccc(ONC(=O)c2ccncn2)cc1Cl. The van der Waals surface area contributed by atoms with E-state index < -0.39 is 5.91 Å². The van der Waals surface area contributed by atoms with E-state index in [4.69, 9.17) is 22.2 Å². The number of hydroxylamine groups is 1. The molecule has 0 spiro atoms. The number of nitrogens with zero attached hydrogens (tertiary/aromatic N) is 2. The number of nitrogens with two attached hydrogens (primary N) is 1. The van der Waals surface area contributed by atoms with Gasteiger partial charge in [-0.05, 0) is 18.2 Å². The number of hydrogen-bond acceptors (Lipinski definition) is 5. The Balaban J connectivity index is 1.99. The fourth-order valence-electron chi connectivity index (χ4n) is 1.15. The predicted octanol–water partition coefficient (Wildman–Crippen LogP) is 1.44.